The van der Waals surface area contributed by atoms with E-state index in [2.05, 4.69) is 36.6 Å². The van der Waals surface area contributed by atoms with Gasteiger partial charge in [0.2, 0.25) is 0 Å². The molecule has 0 aliphatic carbocycles. The van der Waals surface area contributed by atoms with Crippen molar-refractivity contribution in [2.45, 2.75) is 60.1 Å². The zero-order valence-corrected chi connectivity index (χ0v) is 11.1. The maximum atomic E-state index is 9.48. The van der Waals surface area contributed by atoms with E-state index in [1.807, 2.05) is 13.8 Å². The molecular formula is C13H24N2O. The minimum atomic E-state index is -0.242. The van der Waals surface area contributed by atoms with Gasteiger partial charge >= 0.3 is 0 Å². The number of aromatic nitrogens is 2. The maximum absolute atomic E-state index is 9.48. The average Bonchev–Trinajstić information content (AvgIpc) is 2.42. The van der Waals surface area contributed by atoms with E-state index in [1.54, 1.807) is 0 Å². The Morgan fingerprint density at radius 2 is 2.12 bits per heavy atom. The summed E-state index contributed by atoms with van der Waals surface area (Å²) in [5, 5.41) is 13.9. The molecule has 0 amide bonds. The van der Waals surface area contributed by atoms with Gasteiger partial charge in [-0.25, -0.2) is 0 Å². The van der Waals surface area contributed by atoms with E-state index in [4.69, 9.17) is 0 Å². The summed E-state index contributed by atoms with van der Waals surface area (Å²) < 4.78 is 2.05. The molecule has 1 rings (SSSR count). The third-order valence-corrected chi connectivity index (χ3v) is 2.79. The standard InChI is InChI=1S/C13H24N2O/c1-6-15-12(7-10(2)14-15)9-13(4,5)8-11(3)16/h7,11,16H,6,8-9H2,1-5H3. The van der Waals surface area contributed by atoms with E-state index in [1.165, 1.54) is 5.69 Å². The Morgan fingerprint density at radius 1 is 1.50 bits per heavy atom. The van der Waals surface area contributed by atoms with Crippen LogP contribution in [0, 0.1) is 12.3 Å². The molecule has 0 fully saturated rings. The molecule has 0 spiro atoms. The second kappa shape index (κ2) is 5.00. The highest BCUT2D eigenvalue weighted by atomic mass is 16.3. The molecule has 0 radical (unpaired) electrons. The highest BCUT2D eigenvalue weighted by Gasteiger charge is 2.22. The minimum Gasteiger partial charge on any atom is -0.393 e. The molecule has 0 saturated carbocycles. The molecule has 0 aliphatic heterocycles. The predicted octanol–water partition coefficient (Wildman–Crippen LogP) is 2.55. The first-order valence-electron chi connectivity index (χ1n) is 6.05. The number of hydrogen-bond donors (Lipinski definition) is 1. The quantitative estimate of drug-likeness (QED) is 0.834. The number of aryl methyl sites for hydroxylation is 2. The van der Waals surface area contributed by atoms with Crippen LogP contribution < -0.4 is 0 Å². The number of aliphatic hydroxyl groups excluding tert-OH is 1. The summed E-state index contributed by atoms with van der Waals surface area (Å²) in [5.41, 5.74) is 2.46. The molecule has 3 nitrogen and oxygen atoms in total. The Kier molecular flexibility index (Phi) is 4.14. The zero-order valence-electron chi connectivity index (χ0n) is 11.1. The van der Waals surface area contributed by atoms with E-state index in [0.717, 1.165) is 25.1 Å². The molecule has 1 atom stereocenters. The van der Waals surface area contributed by atoms with Crippen LogP contribution in [0.3, 0.4) is 0 Å². The van der Waals surface area contributed by atoms with Crippen LogP contribution >= 0.6 is 0 Å². The molecule has 16 heavy (non-hydrogen) atoms. The van der Waals surface area contributed by atoms with Crippen LogP contribution in [-0.4, -0.2) is 21.0 Å². The molecule has 0 bridgehead atoms. The van der Waals surface area contributed by atoms with E-state index in [0.29, 0.717) is 0 Å². The lowest BCUT2D eigenvalue weighted by molar-refractivity contribution is 0.128. The molecule has 1 aromatic rings. The Morgan fingerprint density at radius 3 is 2.62 bits per heavy atom. The van der Waals surface area contributed by atoms with Gasteiger partial charge in [0.1, 0.15) is 0 Å². The molecule has 3 heteroatoms. The highest BCUT2D eigenvalue weighted by molar-refractivity contribution is 5.10. The van der Waals surface area contributed by atoms with Gasteiger partial charge in [0.15, 0.2) is 0 Å². The molecule has 1 aromatic heterocycles. The van der Waals surface area contributed by atoms with E-state index < -0.39 is 0 Å². The van der Waals surface area contributed by atoms with E-state index in [9.17, 15) is 5.11 Å². The Hall–Kier alpha value is -0.830. The molecule has 1 N–H and O–H groups in total. The highest BCUT2D eigenvalue weighted by Crippen LogP contribution is 2.27. The van der Waals surface area contributed by atoms with Gasteiger partial charge in [-0.15, -0.1) is 0 Å². The van der Waals surface area contributed by atoms with E-state index >= 15 is 0 Å². The Labute approximate surface area is 98.5 Å². The first-order valence-corrected chi connectivity index (χ1v) is 6.05. The van der Waals surface area contributed by atoms with Crippen molar-refractivity contribution in [2.24, 2.45) is 5.41 Å². The molecular weight excluding hydrogens is 200 g/mol. The van der Waals surface area contributed by atoms with Gasteiger partial charge in [-0.1, -0.05) is 13.8 Å². The fourth-order valence-corrected chi connectivity index (χ4v) is 2.38. The third-order valence-electron chi connectivity index (χ3n) is 2.79. The summed E-state index contributed by atoms with van der Waals surface area (Å²) in [6.07, 6.45) is 1.54. The smallest absolute Gasteiger partial charge is 0.0596 e. The van der Waals surface area contributed by atoms with Crippen LogP contribution in [-0.2, 0) is 13.0 Å². The largest absolute Gasteiger partial charge is 0.393 e. The monoisotopic (exact) mass is 224 g/mol. The fourth-order valence-electron chi connectivity index (χ4n) is 2.38. The van der Waals surface area contributed by atoms with Crippen LogP contribution in [0.25, 0.3) is 0 Å². The van der Waals surface area contributed by atoms with Crippen LogP contribution in [0.15, 0.2) is 6.07 Å². The maximum Gasteiger partial charge on any atom is 0.0596 e. The number of aliphatic hydroxyl groups is 1. The zero-order chi connectivity index (χ0) is 12.3. The topological polar surface area (TPSA) is 38.0 Å². The summed E-state index contributed by atoms with van der Waals surface area (Å²) in [4.78, 5) is 0. The fraction of sp³-hybridized carbons (Fsp3) is 0.769. The summed E-state index contributed by atoms with van der Waals surface area (Å²) in [7, 11) is 0. The lowest BCUT2D eigenvalue weighted by Crippen LogP contribution is -2.22. The molecule has 92 valence electrons. The molecule has 0 saturated heterocycles. The molecule has 1 unspecified atom stereocenters. The van der Waals surface area contributed by atoms with Crippen molar-refractivity contribution in [1.82, 2.24) is 9.78 Å². The number of nitrogens with zero attached hydrogens (tertiary/aromatic N) is 2. The normalized spacial score (nSPS) is 14.1. The van der Waals surface area contributed by atoms with Crippen LogP contribution in [0.2, 0.25) is 0 Å². The molecule has 0 aliphatic rings. The van der Waals surface area contributed by atoms with Gasteiger partial charge in [-0.3, -0.25) is 4.68 Å². The SMILES string of the molecule is CCn1nc(C)cc1CC(C)(C)CC(C)O. The Bertz CT molecular complexity index is 340. The van der Waals surface area contributed by atoms with Crippen LogP contribution in [0.4, 0.5) is 0 Å². The van der Waals surface area contributed by atoms with Gasteiger partial charge in [-0.2, -0.15) is 5.10 Å². The molecule has 1 heterocycles. The van der Waals surface area contributed by atoms with Gasteiger partial charge in [0, 0.05) is 12.2 Å². The van der Waals surface area contributed by atoms with Gasteiger partial charge in [-0.05, 0) is 45.1 Å². The predicted molar refractivity (Wildman–Crippen MR) is 66.4 cm³/mol. The first kappa shape index (κ1) is 13.2. The van der Waals surface area contributed by atoms with Crippen molar-refractivity contribution in [3.05, 3.63) is 17.5 Å². The van der Waals surface area contributed by atoms with Crippen molar-refractivity contribution < 1.29 is 5.11 Å². The van der Waals surface area contributed by atoms with Crippen molar-refractivity contribution in [2.75, 3.05) is 0 Å². The third kappa shape index (κ3) is 3.63. The van der Waals surface area contributed by atoms with Crippen LogP contribution in [0.5, 0.6) is 0 Å². The summed E-state index contributed by atoms with van der Waals surface area (Å²) in [6.45, 7) is 11.3. The minimum absolute atomic E-state index is 0.119. The molecule has 0 aromatic carbocycles. The van der Waals surface area contributed by atoms with Crippen LogP contribution in [0.1, 0.15) is 45.5 Å². The van der Waals surface area contributed by atoms with Gasteiger partial charge < -0.3 is 5.11 Å². The lowest BCUT2D eigenvalue weighted by atomic mass is 9.82. The van der Waals surface area contributed by atoms with Crippen molar-refractivity contribution >= 4 is 0 Å². The Balaban J connectivity index is 2.78. The van der Waals surface area contributed by atoms with Gasteiger partial charge in [0.25, 0.3) is 0 Å². The van der Waals surface area contributed by atoms with Gasteiger partial charge in [0.05, 0.1) is 11.8 Å². The first-order chi connectivity index (χ1) is 7.34. The summed E-state index contributed by atoms with van der Waals surface area (Å²) >= 11 is 0. The summed E-state index contributed by atoms with van der Waals surface area (Å²) in [6, 6.07) is 2.15. The second-order valence-corrected chi connectivity index (χ2v) is 5.49. The number of rotatable bonds is 5. The summed E-state index contributed by atoms with van der Waals surface area (Å²) in [5.74, 6) is 0. The average molecular weight is 224 g/mol. The lowest BCUT2D eigenvalue weighted by Gasteiger charge is -2.26. The number of hydrogen-bond acceptors (Lipinski definition) is 2. The van der Waals surface area contributed by atoms with Crippen molar-refractivity contribution in [3.8, 4) is 0 Å². The second-order valence-electron chi connectivity index (χ2n) is 5.49. The van der Waals surface area contributed by atoms with Crippen molar-refractivity contribution in [1.29, 1.82) is 0 Å². The van der Waals surface area contributed by atoms with E-state index in [-0.39, 0.29) is 11.5 Å². The van der Waals surface area contributed by atoms with Crippen molar-refractivity contribution in [3.63, 3.8) is 0 Å².